The SMILES string of the molecule is COC(=O)c1ccc(CNS(C)(=O)=O)cc1S(=O)(=O)Cl. The van der Waals surface area contributed by atoms with Crippen molar-refractivity contribution in [2.75, 3.05) is 13.4 Å². The summed E-state index contributed by atoms with van der Waals surface area (Å²) in [5, 5.41) is 0. The topological polar surface area (TPSA) is 107 Å². The summed E-state index contributed by atoms with van der Waals surface area (Å²) in [4.78, 5) is 11.0. The standard InChI is InChI=1S/C10H12ClNO6S2/c1-18-10(13)8-4-3-7(6-12-19(2,14)15)5-9(8)20(11,16)17/h3-5,12H,6H2,1-2H3. The van der Waals surface area contributed by atoms with Crippen LogP contribution in [-0.4, -0.2) is 36.2 Å². The van der Waals surface area contributed by atoms with Crippen LogP contribution >= 0.6 is 10.7 Å². The first kappa shape index (κ1) is 16.9. The Morgan fingerprint density at radius 2 is 1.90 bits per heavy atom. The second-order valence-corrected chi connectivity index (χ2v) is 8.22. The number of hydrogen-bond acceptors (Lipinski definition) is 6. The molecule has 1 aromatic carbocycles. The molecule has 10 heteroatoms. The number of sulfonamides is 1. The molecule has 0 amide bonds. The number of hydrogen-bond donors (Lipinski definition) is 1. The molecule has 0 spiro atoms. The van der Waals surface area contributed by atoms with Crippen LogP contribution in [0.3, 0.4) is 0 Å². The summed E-state index contributed by atoms with van der Waals surface area (Å²) in [7, 11) is -1.24. The van der Waals surface area contributed by atoms with E-state index in [1.165, 1.54) is 12.1 Å². The summed E-state index contributed by atoms with van der Waals surface area (Å²) >= 11 is 0. The van der Waals surface area contributed by atoms with E-state index in [2.05, 4.69) is 9.46 Å². The molecule has 0 unspecified atom stereocenters. The van der Waals surface area contributed by atoms with Crippen LogP contribution in [0.2, 0.25) is 0 Å². The lowest BCUT2D eigenvalue weighted by molar-refractivity contribution is 0.0596. The average molecular weight is 342 g/mol. The third kappa shape index (κ3) is 4.75. The number of rotatable bonds is 5. The number of carbonyl (C=O) groups excluding carboxylic acids is 1. The fourth-order valence-corrected chi connectivity index (χ4v) is 2.89. The van der Waals surface area contributed by atoms with E-state index in [4.69, 9.17) is 10.7 Å². The van der Waals surface area contributed by atoms with Crippen molar-refractivity contribution in [1.82, 2.24) is 4.72 Å². The zero-order valence-corrected chi connectivity index (χ0v) is 13.0. The number of halogens is 1. The minimum Gasteiger partial charge on any atom is -0.465 e. The third-order valence-corrected chi connectivity index (χ3v) is 4.28. The van der Waals surface area contributed by atoms with E-state index in [1.807, 2.05) is 0 Å². The Morgan fingerprint density at radius 1 is 1.30 bits per heavy atom. The smallest absolute Gasteiger partial charge is 0.339 e. The predicted molar refractivity (Wildman–Crippen MR) is 72.5 cm³/mol. The first-order valence-electron chi connectivity index (χ1n) is 5.15. The zero-order chi connectivity index (χ0) is 15.6. The first-order valence-corrected chi connectivity index (χ1v) is 9.35. The van der Waals surface area contributed by atoms with Crippen molar-refractivity contribution in [3.8, 4) is 0 Å². The van der Waals surface area contributed by atoms with Crippen LogP contribution in [0, 0.1) is 0 Å². The van der Waals surface area contributed by atoms with Gasteiger partial charge in [0.1, 0.15) is 0 Å². The number of methoxy groups -OCH3 is 1. The van der Waals surface area contributed by atoms with Crippen molar-refractivity contribution in [2.45, 2.75) is 11.4 Å². The highest BCUT2D eigenvalue weighted by Crippen LogP contribution is 2.22. The van der Waals surface area contributed by atoms with Gasteiger partial charge in [-0.05, 0) is 17.7 Å². The maximum atomic E-state index is 11.5. The van der Waals surface area contributed by atoms with Crippen LogP contribution in [-0.2, 0) is 30.4 Å². The lowest BCUT2D eigenvalue weighted by atomic mass is 10.1. The maximum absolute atomic E-state index is 11.5. The molecule has 0 aromatic heterocycles. The van der Waals surface area contributed by atoms with Crippen molar-refractivity contribution in [1.29, 1.82) is 0 Å². The molecular formula is C10H12ClNO6S2. The second kappa shape index (κ2) is 6.08. The van der Waals surface area contributed by atoms with Gasteiger partial charge in [-0.3, -0.25) is 0 Å². The molecule has 1 aromatic rings. The molecule has 0 saturated heterocycles. The van der Waals surface area contributed by atoms with E-state index in [0.717, 1.165) is 19.4 Å². The molecule has 0 atom stereocenters. The molecule has 0 aliphatic rings. The fourth-order valence-electron chi connectivity index (χ4n) is 1.37. The van der Waals surface area contributed by atoms with E-state index >= 15 is 0 Å². The third-order valence-electron chi connectivity index (χ3n) is 2.25. The monoisotopic (exact) mass is 341 g/mol. The Labute approximate surface area is 121 Å². The van der Waals surface area contributed by atoms with E-state index in [0.29, 0.717) is 5.56 Å². The van der Waals surface area contributed by atoms with Gasteiger partial charge in [-0.2, -0.15) is 0 Å². The normalized spacial score (nSPS) is 12.2. The van der Waals surface area contributed by atoms with Crippen molar-refractivity contribution in [3.63, 3.8) is 0 Å². The van der Waals surface area contributed by atoms with Gasteiger partial charge in [-0.1, -0.05) is 6.07 Å². The summed E-state index contributed by atoms with van der Waals surface area (Å²) < 4.78 is 51.5. The van der Waals surface area contributed by atoms with E-state index in [-0.39, 0.29) is 12.1 Å². The maximum Gasteiger partial charge on any atom is 0.339 e. The molecule has 1 N–H and O–H groups in total. The van der Waals surface area contributed by atoms with Crippen molar-refractivity contribution >= 4 is 35.7 Å². The number of nitrogens with one attached hydrogen (secondary N) is 1. The first-order chi connectivity index (χ1) is 9.04. The van der Waals surface area contributed by atoms with Crippen LogP contribution in [0.4, 0.5) is 0 Å². The number of benzene rings is 1. The van der Waals surface area contributed by atoms with Crippen LogP contribution < -0.4 is 4.72 Å². The molecule has 20 heavy (non-hydrogen) atoms. The van der Waals surface area contributed by atoms with Crippen molar-refractivity contribution in [3.05, 3.63) is 29.3 Å². The van der Waals surface area contributed by atoms with Gasteiger partial charge >= 0.3 is 5.97 Å². The van der Waals surface area contributed by atoms with Crippen LogP contribution in [0.5, 0.6) is 0 Å². The fraction of sp³-hybridized carbons (Fsp3) is 0.300. The van der Waals surface area contributed by atoms with Gasteiger partial charge in [0.25, 0.3) is 9.05 Å². The molecule has 0 saturated carbocycles. The molecule has 112 valence electrons. The molecule has 0 aliphatic carbocycles. The lowest BCUT2D eigenvalue weighted by Gasteiger charge is -2.08. The number of carbonyl (C=O) groups is 1. The Kier molecular flexibility index (Phi) is 5.14. The Balaban J connectivity index is 3.25. The Hall–Kier alpha value is -1.16. The molecule has 0 aliphatic heterocycles. The summed E-state index contributed by atoms with van der Waals surface area (Å²) in [6, 6.07) is 3.73. The molecule has 1 rings (SSSR count). The summed E-state index contributed by atoms with van der Waals surface area (Å²) in [5.74, 6) is -0.855. The molecular weight excluding hydrogens is 330 g/mol. The predicted octanol–water partition coefficient (Wildman–Crippen LogP) is 0.450. The molecule has 7 nitrogen and oxygen atoms in total. The molecule has 0 fully saturated rings. The summed E-state index contributed by atoms with van der Waals surface area (Å²) in [5.41, 5.74) is 0.118. The van der Waals surface area contributed by atoms with Crippen LogP contribution in [0.1, 0.15) is 15.9 Å². The summed E-state index contributed by atoms with van der Waals surface area (Å²) in [6.45, 7) is -0.125. The highest BCUT2D eigenvalue weighted by Gasteiger charge is 2.21. The summed E-state index contributed by atoms with van der Waals surface area (Å²) in [6.07, 6.45) is 0.967. The molecule has 0 radical (unpaired) electrons. The van der Waals surface area contributed by atoms with Crippen LogP contribution in [0.25, 0.3) is 0 Å². The minimum atomic E-state index is -4.17. The second-order valence-electron chi connectivity index (χ2n) is 3.85. The van der Waals surface area contributed by atoms with Crippen LogP contribution in [0.15, 0.2) is 23.1 Å². The van der Waals surface area contributed by atoms with Gasteiger partial charge < -0.3 is 4.74 Å². The van der Waals surface area contributed by atoms with Gasteiger partial charge in [-0.25, -0.2) is 26.4 Å². The average Bonchev–Trinajstić information content (AvgIpc) is 2.33. The zero-order valence-electron chi connectivity index (χ0n) is 10.6. The van der Waals surface area contributed by atoms with Crippen molar-refractivity contribution in [2.24, 2.45) is 0 Å². The van der Waals surface area contributed by atoms with E-state index < -0.39 is 29.9 Å². The largest absolute Gasteiger partial charge is 0.465 e. The Morgan fingerprint density at radius 3 is 2.35 bits per heavy atom. The number of esters is 1. The molecule has 0 bridgehead atoms. The highest BCUT2D eigenvalue weighted by molar-refractivity contribution is 8.13. The molecule has 0 heterocycles. The van der Waals surface area contributed by atoms with Gasteiger partial charge in [0.2, 0.25) is 10.0 Å². The van der Waals surface area contributed by atoms with E-state index in [9.17, 15) is 21.6 Å². The van der Waals surface area contributed by atoms with Gasteiger partial charge in [0, 0.05) is 17.2 Å². The van der Waals surface area contributed by atoms with Gasteiger partial charge in [0.05, 0.1) is 23.8 Å². The quantitative estimate of drug-likeness (QED) is 0.615. The van der Waals surface area contributed by atoms with Crippen molar-refractivity contribution < 1.29 is 26.4 Å². The Bertz CT molecular complexity index is 726. The lowest BCUT2D eigenvalue weighted by Crippen LogP contribution is -2.21. The van der Waals surface area contributed by atoms with Gasteiger partial charge in [-0.15, -0.1) is 0 Å². The number of ether oxygens (including phenoxy) is 1. The highest BCUT2D eigenvalue weighted by atomic mass is 35.7. The van der Waals surface area contributed by atoms with E-state index in [1.54, 1.807) is 0 Å². The minimum absolute atomic E-state index is 0.125. The van der Waals surface area contributed by atoms with Gasteiger partial charge in [0.15, 0.2) is 0 Å².